The van der Waals surface area contributed by atoms with Gasteiger partial charge in [0, 0.05) is 17.8 Å². The molecule has 0 aliphatic carbocycles. The summed E-state index contributed by atoms with van der Waals surface area (Å²) in [5.41, 5.74) is 10.7. The van der Waals surface area contributed by atoms with Gasteiger partial charge in [0.25, 0.3) is 5.91 Å². The van der Waals surface area contributed by atoms with E-state index in [2.05, 4.69) is 25.1 Å². The highest BCUT2D eigenvalue weighted by Gasteiger charge is 2.31. The third kappa shape index (κ3) is 2.59. The Balaban J connectivity index is 1.95. The Labute approximate surface area is 131 Å². The highest BCUT2D eigenvalue weighted by Crippen LogP contribution is 2.35. The van der Waals surface area contributed by atoms with E-state index in [9.17, 15) is 4.79 Å². The first-order valence-electron chi connectivity index (χ1n) is 7.80. The second kappa shape index (κ2) is 5.84. The van der Waals surface area contributed by atoms with Gasteiger partial charge in [-0.15, -0.1) is 0 Å². The zero-order valence-electron chi connectivity index (χ0n) is 13.2. The number of hydrogen-bond acceptors (Lipinski definition) is 2. The minimum Gasteiger partial charge on any atom is -0.399 e. The van der Waals surface area contributed by atoms with E-state index in [1.807, 2.05) is 30.0 Å². The number of benzene rings is 2. The van der Waals surface area contributed by atoms with Gasteiger partial charge in [-0.3, -0.25) is 4.79 Å². The first kappa shape index (κ1) is 14.6. The van der Waals surface area contributed by atoms with Crippen LogP contribution in [0.1, 0.15) is 45.9 Å². The molecule has 0 bridgehead atoms. The fraction of sp³-hybridized carbons (Fsp3) is 0.316. The summed E-state index contributed by atoms with van der Waals surface area (Å²) in [6.07, 6.45) is 2.07. The Morgan fingerprint density at radius 1 is 1.14 bits per heavy atom. The second-order valence-electron chi connectivity index (χ2n) is 6.09. The van der Waals surface area contributed by atoms with E-state index in [0.29, 0.717) is 5.69 Å². The molecular weight excluding hydrogens is 272 g/mol. The zero-order chi connectivity index (χ0) is 15.7. The average Bonchev–Trinajstić information content (AvgIpc) is 2.99. The lowest BCUT2D eigenvalue weighted by atomic mass is 9.98. The number of carbonyl (C=O) groups excluding carboxylic acids is 1. The van der Waals surface area contributed by atoms with Crippen molar-refractivity contribution in [3.05, 3.63) is 64.7 Å². The van der Waals surface area contributed by atoms with Crippen LogP contribution in [-0.4, -0.2) is 17.4 Å². The zero-order valence-corrected chi connectivity index (χ0v) is 13.2. The molecule has 2 aromatic carbocycles. The molecule has 114 valence electrons. The molecule has 2 aromatic rings. The summed E-state index contributed by atoms with van der Waals surface area (Å²) in [6.45, 7) is 4.89. The Morgan fingerprint density at radius 2 is 1.91 bits per heavy atom. The van der Waals surface area contributed by atoms with E-state index in [1.54, 1.807) is 6.07 Å². The lowest BCUT2D eigenvalue weighted by molar-refractivity contribution is 0.0734. The highest BCUT2D eigenvalue weighted by atomic mass is 16.2. The summed E-state index contributed by atoms with van der Waals surface area (Å²) in [6, 6.07) is 14.1. The molecule has 0 saturated carbocycles. The fourth-order valence-corrected chi connectivity index (χ4v) is 3.32. The normalized spacial score (nSPS) is 17.7. The van der Waals surface area contributed by atoms with Gasteiger partial charge in [-0.25, -0.2) is 0 Å². The van der Waals surface area contributed by atoms with E-state index in [-0.39, 0.29) is 11.9 Å². The topological polar surface area (TPSA) is 46.3 Å². The number of hydrogen-bond donors (Lipinski definition) is 1. The van der Waals surface area contributed by atoms with Crippen molar-refractivity contribution in [1.29, 1.82) is 0 Å². The minimum absolute atomic E-state index is 0.0931. The summed E-state index contributed by atoms with van der Waals surface area (Å²) in [5.74, 6) is 0.0931. The number of amides is 1. The summed E-state index contributed by atoms with van der Waals surface area (Å²) < 4.78 is 0. The molecule has 0 radical (unpaired) electrons. The molecule has 1 fully saturated rings. The monoisotopic (exact) mass is 294 g/mol. The third-order valence-corrected chi connectivity index (χ3v) is 4.55. The van der Waals surface area contributed by atoms with Crippen molar-refractivity contribution in [3.8, 4) is 0 Å². The number of anilines is 1. The van der Waals surface area contributed by atoms with Crippen molar-refractivity contribution in [2.24, 2.45) is 0 Å². The Hall–Kier alpha value is -2.29. The summed E-state index contributed by atoms with van der Waals surface area (Å²) in [4.78, 5) is 15.0. The van der Waals surface area contributed by atoms with Gasteiger partial charge < -0.3 is 10.6 Å². The molecule has 3 heteroatoms. The van der Waals surface area contributed by atoms with Crippen LogP contribution in [-0.2, 0) is 0 Å². The van der Waals surface area contributed by atoms with Gasteiger partial charge in [-0.05, 0) is 55.5 Å². The smallest absolute Gasteiger partial charge is 0.254 e. The van der Waals surface area contributed by atoms with Crippen molar-refractivity contribution in [1.82, 2.24) is 4.90 Å². The largest absolute Gasteiger partial charge is 0.399 e. The molecule has 22 heavy (non-hydrogen) atoms. The molecule has 3 nitrogen and oxygen atoms in total. The van der Waals surface area contributed by atoms with E-state index >= 15 is 0 Å². The van der Waals surface area contributed by atoms with Gasteiger partial charge in [0.15, 0.2) is 0 Å². The van der Waals surface area contributed by atoms with E-state index < -0.39 is 0 Å². The van der Waals surface area contributed by atoms with Crippen molar-refractivity contribution >= 4 is 11.6 Å². The molecule has 1 aliphatic heterocycles. The number of nitrogen functional groups attached to an aromatic ring is 1. The van der Waals surface area contributed by atoms with Gasteiger partial charge in [-0.2, -0.15) is 0 Å². The number of nitrogens with zero attached hydrogens (tertiary/aromatic N) is 1. The van der Waals surface area contributed by atoms with Gasteiger partial charge in [-0.1, -0.05) is 30.3 Å². The van der Waals surface area contributed by atoms with Crippen LogP contribution in [0.5, 0.6) is 0 Å². The number of rotatable bonds is 2. The highest BCUT2D eigenvalue weighted by molar-refractivity contribution is 5.97. The molecule has 1 heterocycles. The van der Waals surface area contributed by atoms with Gasteiger partial charge in [0.05, 0.1) is 6.04 Å². The Morgan fingerprint density at radius 3 is 2.68 bits per heavy atom. The van der Waals surface area contributed by atoms with Crippen molar-refractivity contribution in [3.63, 3.8) is 0 Å². The predicted octanol–water partition coefficient (Wildman–Crippen LogP) is 3.86. The van der Waals surface area contributed by atoms with Crippen LogP contribution in [0.4, 0.5) is 5.69 Å². The maximum Gasteiger partial charge on any atom is 0.254 e. The second-order valence-corrected chi connectivity index (χ2v) is 6.09. The maximum atomic E-state index is 13.0. The van der Waals surface area contributed by atoms with Crippen molar-refractivity contribution in [2.75, 3.05) is 12.3 Å². The lowest BCUT2D eigenvalue weighted by Gasteiger charge is -2.27. The molecular formula is C19H22N2O. The minimum atomic E-state index is 0.0931. The fourth-order valence-electron chi connectivity index (χ4n) is 3.32. The molecule has 0 spiro atoms. The summed E-state index contributed by atoms with van der Waals surface area (Å²) in [5, 5.41) is 0. The lowest BCUT2D eigenvalue weighted by Crippen LogP contribution is -2.31. The van der Waals surface area contributed by atoms with Crippen LogP contribution >= 0.6 is 0 Å². The van der Waals surface area contributed by atoms with Gasteiger partial charge >= 0.3 is 0 Å². The molecule has 1 saturated heterocycles. The van der Waals surface area contributed by atoms with Crippen LogP contribution in [0.2, 0.25) is 0 Å². The molecule has 1 aliphatic rings. The van der Waals surface area contributed by atoms with Crippen LogP contribution in [0.15, 0.2) is 42.5 Å². The van der Waals surface area contributed by atoms with Crippen LogP contribution in [0.25, 0.3) is 0 Å². The van der Waals surface area contributed by atoms with Crippen molar-refractivity contribution in [2.45, 2.75) is 32.7 Å². The number of nitrogens with two attached hydrogens (primary N) is 1. The Kier molecular flexibility index (Phi) is 3.88. The van der Waals surface area contributed by atoms with E-state index in [0.717, 1.165) is 30.5 Å². The molecule has 1 unspecified atom stereocenters. The summed E-state index contributed by atoms with van der Waals surface area (Å²) in [7, 11) is 0. The van der Waals surface area contributed by atoms with Gasteiger partial charge in [0.2, 0.25) is 0 Å². The average molecular weight is 294 g/mol. The molecule has 1 amide bonds. The number of aryl methyl sites for hydroxylation is 2. The maximum absolute atomic E-state index is 13.0. The first-order valence-corrected chi connectivity index (χ1v) is 7.80. The molecule has 2 N–H and O–H groups in total. The quantitative estimate of drug-likeness (QED) is 0.855. The Bertz CT molecular complexity index is 708. The van der Waals surface area contributed by atoms with E-state index in [4.69, 9.17) is 5.73 Å². The number of carbonyl (C=O) groups is 1. The standard InChI is InChI=1S/C19H22N2O/c1-13-6-3-4-7-16(13)18-8-5-11-21(18)19(22)17-12-15(20)10-9-14(17)2/h3-4,6-7,9-10,12,18H,5,8,11,20H2,1-2H3. The molecule has 1 atom stereocenters. The summed E-state index contributed by atoms with van der Waals surface area (Å²) >= 11 is 0. The predicted molar refractivity (Wildman–Crippen MR) is 89.8 cm³/mol. The number of likely N-dealkylation sites (tertiary alicyclic amines) is 1. The van der Waals surface area contributed by atoms with Crippen LogP contribution in [0, 0.1) is 13.8 Å². The van der Waals surface area contributed by atoms with Crippen LogP contribution in [0.3, 0.4) is 0 Å². The van der Waals surface area contributed by atoms with Crippen LogP contribution < -0.4 is 5.73 Å². The van der Waals surface area contributed by atoms with Crippen molar-refractivity contribution < 1.29 is 4.79 Å². The third-order valence-electron chi connectivity index (χ3n) is 4.55. The molecule has 3 rings (SSSR count). The molecule has 0 aromatic heterocycles. The SMILES string of the molecule is Cc1ccc(N)cc1C(=O)N1CCCC1c1ccccc1C. The van der Waals surface area contributed by atoms with Gasteiger partial charge in [0.1, 0.15) is 0 Å². The van der Waals surface area contributed by atoms with E-state index in [1.165, 1.54) is 11.1 Å². The first-order chi connectivity index (χ1) is 10.6.